The second-order valence-electron chi connectivity index (χ2n) is 4.54. The predicted octanol–water partition coefficient (Wildman–Crippen LogP) is 2.50. The van der Waals surface area contributed by atoms with Crippen molar-refractivity contribution in [2.24, 2.45) is 0 Å². The molecule has 0 aromatic heterocycles. The number of benzene rings is 2. The van der Waals surface area contributed by atoms with Crippen LogP contribution in [0.1, 0.15) is 18.9 Å². The van der Waals surface area contributed by atoms with E-state index < -0.39 is 11.6 Å². The topological polar surface area (TPSA) is 51.2 Å². The highest BCUT2D eigenvalue weighted by molar-refractivity contribution is 6.40. The number of carbonyl (C=O) groups is 3. The first-order valence-corrected chi connectivity index (χ1v) is 6.10. The van der Waals surface area contributed by atoms with E-state index in [-0.39, 0.29) is 18.6 Å². The third-order valence-electron chi connectivity index (χ3n) is 2.95. The zero-order chi connectivity index (χ0) is 13.8. The lowest BCUT2D eigenvalue weighted by Gasteiger charge is -2.05. The van der Waals surface area contributed by atoms with Crippen LogP contribution in [-0.2, 0) is 20.8 Å². The van der Waals surface area contributed by atoms with Gasteiger partial charge in [0.1, 0.15) is 5.78 Å². The van der Waals surface area contributed by atoms with E-state index in [1.165, 1.54) is 6.92 Å². The van der Waals surface area contributed by atoms with Crippen LogP contribution in [0.15, 0.2) is 42.5 Å². The van der Waals surface area contributed by atoms with E-state index in [4.69, 9.17) is 0 Å². The Kier molecular flexibility index (Phi) is 3.85. The van der Waals surface area contributed by atoms with Crippen molar-refractivity contribution in [3.63, 3.8) is 0 Å². The quantitative estimate of drug-likeness (QED) is 0.608. The lowest BCUT2D eigenvalue weighted by Crippen LogP contribution is -2.18. The Hall–Kier alpha value is -2.29. The highest BCUT2D eigenvalue weighted by Crippen LogP contribution is 2.19. The molecule has 0 bridgehead atoms. The SMILES string of the molecule is CC(=O)CC(=O)C(=O)Cc1cccc2ccccc12. The van der Waals surface area contributed by atoms with Crippen molar-refractivity contribution in [3.05, 3.63) is 48.0 Å². The van der Waals surface area contributed by atoms with Crippen LogP contribution in [0.4, 0.5) is 0 Å². The molecular formula is C16H14O3. The molecule has 0 spiro atoms. The van der Waals surface area contributed by atoms with E-state index in [1.54, 1.807) is 0 Å². The van der Waals surface area contributed by atoms with Gasteiger partial charge in [-0.3, -0.25) is 14.4 Å². The molecule has 0 fully saturated rings. The molecule has 0 aliphatic rings. The number of Topliss-reactive ketones (excluding diaryl/α,β-unsaturated/α-hetero) is 3. The zero-order valence-electron chi connectivity index (χ0n) is 10.7. The highest BCUT2D eigenvalue weighted by atomic mass is 16.2. The zero-order valence-corrected chi connectivity index (χ0v) is 10.7. The first-order valence-electron chi connectivity index (χ1n) is 6.10. The van der Waals surface area contributed by atoms with Crippen molar-refractivity contribution < 1.29 is 14.4 Å². The van der Waals surface area contributed by atoms with Crippen LogP contribution in [0.2, 0.25) is 0 Å². The van der Waals surface area contributed by atoms with Crippen LogP contribution < -0.4 is 0 Å². The molecule has 0 aliphatic heterocycles. The average molecular weight is 254 g/mol. The Bertz CT molecular complexity index is 651. The van der Waals surface area contributed by atoms with Gasteiger partial charge in [0.25, 0.3) is 0 Å². The molecule has 96 valence electrons. The molecule has 0 heterocycles. The predicted molar refractivity (Wildman–Crippen MR) is 73.0 cm³/mol. The van der Waals surface area contributed by atoms with E-state index in [9.17, 15) is 14.4 Å². The largest absolute Gasteiger partial charge is 0.300 e. The number of hydrogen-bond acceptors (Lipinski definition) is 3. The molecule has 0 aliphatic carbocycles. The summed E-state index contributed by atoms with van der Waals surface area (Å²) in [6.45, 7) is 1.31. The minimum atomic E-state index is -0.611. The van der Waals surface area contributed by atoms with Crippen LogP contribution in [-0.4, -0.2) is 17.3 Å². The fourth-order valence-electron chi connectivity index (χ4n) is 2.04. The summed E-state index contributed by atoms with van der Waals surface area (Å²) >= 11 is 0. The van der Waals surface area contributed by atoms with Crippen LogP contribution >= 0.6 is 0 Å². The van der Waals surface area contributed by atoms with Gasteiger partial charge in [-0.2, -0.15) is 0 Å². The molecule has 0 saturated heterocycles. The molecule has 0 unspecified atom stereocenters. The summed E-state index contributed by atoms with van der Waals surface area (Å²) in [6.07, 6.45) is -0.253. The van der Waals surface area contributed by atoms with Crippen LogP contribution in [0.25, 0.3) is 10.8 Å². The number of rotatable bonds is 5. The smallest absolute Gasteiger partial charge is 0.206 e. The monoisotopic (exact) mass is 254 g/mol. The summed E-state index contributed by atoms with van der Waals surface area (Å²) in [4.78, 5) is 34.2. The second-order valence-corrected chi connectivity index (χ2v) is 4.54. The fraction of sp³-hybridized carbons (Fsp3) is 0.188. The first-order chi connectivity index (χ1) is 9.08. The molecule has 3 heteroatoms. The summed E-state index contributed by atoms with van der Waals surface area (Å²) in [6, 6.07) is 13.4. The van der Waals surface area contributed by atoms with Crippen molar-refractivity contribution in [2.45, 2.75) is 19.8 Å². The van der Waals surface area contributed by atoms with Gasteiger partial charge in [-0.05, 0) is 23.3 Å². The molecule has 3 nitrogen and oxygen atoms in total. The lowest BCUT2D eigenvalue weighted by atomic mass is 9.98. The highest BCUT2D eigenvalue weighted by Gasteiger charge is 2.16. The summed E-state index contributed by atoms with van der Waals surface area (Å²) in [7, 11) is 0. The van der Waals surface area contributed by atoms with Crippen molar-refractivity contribution in [2.75, 3.05) is 0 Å². The molecule has 0 saturated carbocycles. The molecule has 0 amide bonds. The summed E-state index contributed by atoms with van der Waals surface area (Å²) < 4.78 is 0. The maximum Gasteiger partial charge on any atom is 0.206 e. The summed E-state index contributed by atoms with van der Waals surface area (Å²) in [5.41, 5.74) is 0.819. The molecule has 2 aromatic rings. The van der Waals surface area contributed by atoms with E-state index in [2.05, 4.69) is 0 Å². The van der Waals surface area contributed by atoms with Gasteiger partial charge in [0.15, 0.2) is 0 Å². The van der Waals surface area contributed by atoms with Crippen molar-refractivity contribution in [1.29, 1.82) is 0 Å². The maximum atomic E-state index is 11.8. The third-order valence-corrected chi connectivity index (χ3v) is 2.95. The molecule has 0 radical (unpaired) electrons. The van der Waals surface area contributed by atoms with E-state index >= 15 is 0 Å². The maximum absolute atomic E-state index is 11.8. The van der Waals surface area contributed by atoms with Gasteiger partial charge >= 0.3 is 0 Å². The Morgan fingerprint density at radius 2 is 1.58 bits per heavy atom. The number of ketones is 3. The summed E-state index contributed by atoms with van der Waals surface area (Å²) in [5, 5.41) is 2.00. The molecule has 19 heavy (non-hydrogen) atoms. The van der Waals surface area contributed by atoms with Gasteiger partial charge in [-0.25, -0.2) is 0 Å². The van der Waals surface area contributed by atoms with Gasteiger partial charge in [0.05, 0.1) is 6.42 Å². The molecular weight excluding hydrogens is 240 g/mol. The standard InChI is InChI=1S/C16H14O3/c1-11(17)9-15(18)16(19)10-13-7-4-6-12-5-2-3-8-14(12)13/h2-8H,9-10H2,1H3. The lowest BCUT2D eigenvalue weighted by molar-refractivity contribution is -0.138. The van der Waals surface area contributed by atoms with E-state index in [0.29, 0.717) is 0 Å². The van der Waals surface area contributed by atoms with E-state index in [1.807, 2.05) is 42.5 Å². The molecule has 2 rings (SSSR count). The average Bonchev–Trinajstić information content (AvgIpc) is 2.38. The fourth-order valence-corrected chi connectivity index (χ4v) is 2.04. The minimum absolute atomic E-state index is 0.0491. The summed E-state index contributed by atoms with van der Waals surface area (Å²) in [5.74, 6) is -1.40. The van der Waals surface area contributed by atoms with Crippen molar-refractivity contribution in [1.82, 2.24) is 0 Å². The van der Waals surface area contributed by atoms with Crippen molar-refractivity contribution >= 4 is 28.1 Å². The molecule has 2 aromatic carbocycles. The van der Waals surface area contributed by atoms with Gasteiger partial charge in [0, 0.05) is 6.42 Å². The van der Waals surface area contributed by atoms with Crippen LogP contribution in [0.3, 0.4) is 0 Å². The Labute approximate surface area is 111 Å². The Morgan fingerprint density at radius 3 is 2.32 bits per heavy atom. The van der Waals surface area contributed by atoms with Gasteiger partial charge in [-0.15, -0.1) is 0 Å². The van der Waals surface area contributed by atoms with Crippen molar-refractivity contribution in [3.8, 4) is 0 Å². The Morgan fingerprint density at radius 1 is 0.895 bits per heavy atom. The number of hydrogen-bond donors (Lipinski definition) is 0. The number of carbonyl (C=O) groups excluding carboxylic acids is 3. The van der Waals surface area contributed by atoms with Gasteiger partial charge in [0.2, 0.25) is 11.6 Å². The Balaban J connectivity index is 2.24. The minimum Gasteiger partial charge on any atom is -0.300 e. The number of fused-ring (bicyclic) bond motifs is 1. The normalized spacial score (nSPS) is 10.4. The molecule has 0 atom stereocenters. The second kappa shape index (κ2) is 5.57. The van der Waals surface area contributed by atoms with E-state index in [0.717, 1.165) is 16.3 Å². The van der Waals surface area contributed by atoms with Gasteiger partial charge in [-0.1, -0.05) is 42.5 Å². The van der Waals surface area contributed by atoms with Crippen LogP contribution in [0, 0.1) is 0 Å². The third kappa shape index (κ3) is 3.13. The molecule has 0 N–H and O–H groups in total. The van der Waals surface area contributed by atoms with Crippen LogP contribution in [0.5, 0.6) is 0 Å². The van der Waals surface area contributed by atoms with Gasteiger partial charge < -0.3 is 0 Å². The first kappa shape index (κ1) is 13.1.